The van der Waals surface area contributed by atoms with Crippen molar-refractivity contribution in [2.24, 2.45) is 0 Å². The van der Waals surface area contributed by atoms with E-state index in [1.807, 2.05) is 0 Å². The molecular formula is C7H13F3OS. The fraction of sp³-hybridized carbons (Fsp3) is 1.00. The van der Waals surface area contributed by atoms with Gasteiger partial charge in [-0.1, -0.05) is 6.42 Å². The third-order valence-corrected chi connectivity index (χ3v) is 1.88. The summed E-state index contributed by atoms with van der Waals surface area (Å²) in [5.74, 6) is 0.312. The number of aliphatic hydroxyl groups excluding tert-OH is 1. The summed E-state index contributed by atoms with van der Waals surface area (Å²) in [6.45, 7) is 0. The first-order valence-electron chi connectivity index (χ1n) is 3.81. The molecule has 0 aromatic heterocycles. The molecule has 0 saturated heterocycles. The van der Waals surface area contributed by atoms with E-state index in [9.17, 15) is 13.2 Å². The average molecular weight is 202 g/mol. The molecule has 0 radical (unpaired) electrons. The summed E-state index contributed by atoms with van der Waals surface area (Å²) in [5, 5.41) is 8.93. The van der Waals surface area contributed by atoms with E-state index in [0.717, 1.165) is 0 Å². The van der Waals surface area contributed by atoms with Crippen LogP contribution in [0.4, 0.5) is 13.2 Å². The van der Waals surface area contributed by atoms with Crippen LogP contribution in [0, 0.1) is 0 Å². The highest BCUT2D eigenvalue weighted by atomic mass is 32.1. The molecule has 74 valence electrons. The molecule has 0 aliphatic rings. The molecule has 1 nitrogen and oxygen atoms in total. The number of rotatable bonds is 5. The van der Waals surface area contributed by atoms with Gasteiger partial charge in [-0.15, -0.1) is 0 Å². The first-order valence-corrected chi connectivity index (χ1v) is 4.44. The number of hydrogen-bond acceptors (Lipinski definition) is 2. The molecule has 0 saturated carbocycles. The van der Waals surface area contributed by atoms with Crippen molar-refractivity contribution in [2.75, 3.05) is 5.75 Å². The van der Waals surface area contributed by atoms with Gasteiger partial charge >= 0.3 is 6.18 Å². The molecule has 0 amide bonds. The van der Waals surface area contributed by atoms with E-state index < -0.39 is 18.7 Å². The van der Waals surface area contributed by atoms with E-state index in [0.29, 0.717) is 18.6 Å². The first-order chi connectivity index (χ1) is 5.45. The Morgan fingerprint density at radius 2 is 1.83 bits per heavy atom. The zero-order valence-corrected chi connectivity index (χ0v) is 7.54. The SMILES string of the molecule is OC(CS)CCCCC(F)(F)F. The lowest BCUT2D eigenvalue weighted by molar-refractivity contribution is -0.135. The molecule has 0 aliphatic heterocycles. The van der Waals surface area contributed by atoms with Gasteiger partial charge in [0.05, 0.1) is 6.10 Å². The monoisotopic (exact) mass is 202 g/mol. The highest BCUT2D eigenvalue weighted by Gasteiger charge is 2.25. The normalized spacial score (nSPS) is 14.8. The van der Waals surface area contributed by atoms with Crippen LogP contribution in [-0.2, 0) is 0 Å². The Labute approximate surface area is 75.4 Å². The second-order valence-electron chi connectivity index (χ2n) is 2.70. The first kappa shape index (κ1) is 12.1. The van der Waals surface area contributed by atoms with Crippen LogP contribution in [0.25, 0.3) is 0 Å². The maximum atomic E-state index is 11.6. The molecule has 1 unspecified atom stereocenters. The van der Waals surface area contributed by atoms with Crippen molar-refractivity contribution in [1.82, 2.24) is 0 Å². The quantitative estimate of drug-likeness (QED) is 0.518. The highest BCUT2D eigenvalue weighted by molar-refractivity contribution is 7.80. The topological polar surface area (TPSA) is 20.2 Å². The number of aliphatic hydroxyl groups is 1. The number of halogens is 3. The molecule has 0 spiro atoms. The molecule has 12 heavy (non-hydrogen) atoms. The Kier molecular flexibility index (Phi) is 5.74. The smallest absolute Gasteiger partial charge is 0.389 e. The highest BCUT2D eigenvalue weighted by Crippen LogP contribution is 2.22. The van der Waals surface area contributed by atoms with E-state index >= 15 is 0 Å². The van der Waals surface area contributed by atoms with Crippen LogP contribution in [0.15, 0.2) is 0 Å². The molecule has 0 heterocycles. The molecule has 0 aliphatic carbocycles. The van der Waals surface area contributed by atoms with Crippen LogP contribution in [0.1, 0.15) is 25.7 Å². The van der Waals surface area contributed by atoms with Gasteiger partial charge in [0.1, 0.15) is 0 Å². The van der Waals surface area contributed by atoms with Gasteiger partial charge in [-0.2, -0.15) is 25.8 Å². The van der Waals surface area contributed by atoms with Crippen molar-refractivity contribution in [2.45, 2.75) is 38.0 Å². The minimum Gasteiger partial charge on any atom is -0.392 e. The Morgan fingerprint density at radius 1 is 1.25 bits per heavy atom. The fourth-order valence-electron chi connectivity index (χ4n) is 0.797. The number of alkyl halides is 3. The summed E-state index contributed by atoms with van der Waals surface area (Å²) >= 11 is 3.80. The molecule has 0 rings (SSSR count). The van der Waals surface area contributed by atoms with Crippen molar-refractivity contribution < 1.29 is 18.3 Å². The fourth-order valence-corrected chi connectivity index (χ4v) is 0.979. The lowest BCUT2D eigenvalue weighted by Gasteiger charge is -2.08. The maximum absolute atomic E-state index is 11.6. The molecule has 1 N–H and O–H groups in total. The third-order valence-electron chi connectivity index (χ3n) is 1.46. The van der Waals surface area contributed by atoms with Crippen LogP contribution in [0.5, 0.6) is 0 Å². The van der Waals surface area contributed by atoms with Gasteiger partial charge in [-0.05, 0) is 12.8 Å². The van der Waals surface area contributed by atoms with Gasteiger partial charge < -0.3 is 5.11 Å². The molecule has 0 bridgehead atoms. The predicted molar refractivity (Wildman–Crippen MR) is 44.4 cm³/mol. The Bertz CT molecular complexity index is 116. The van der Waals surface area contributed by atoms with Gasteiger partial charge in [-0.25, -0.2) is 0 Å². The largest absolute Gasteiger partial charge is 0.392 e. The van der Waals surface area contributed by atoms with Crippen LogP contribution >= 0.6 is 12.6 Å². The lowest BCUT2D eigenvalue weighted by Crippen LogP contribution is -2.10. The molecule has 0 aromatic carbocycles. The molecule has 0 fully saturated rings. The van der Waals surface area contributed by atoms with Crippen LogP contribution in [0.3, 0.4) is 0 Å². The van der Waals surface area contributed by atoms with E-state index in [2.05, 4.69) is 12.6 Å². The third kappa shape index (κ3) is 8.20. The van der Waals surface area contributed by atoms with Gasteiger partial charge in [0, 0.05) is 12.2 Å². The van der Waals surface area contributed by atoms with Crippen molar-refractivity contribution in [3.05, 3.63) is 0 Å². The van der Waals surface area contributed by atoms with Gasteiger partial charge in [0.2, 0.25) is 0 Å². The van der Waals surface area contributed by atoms with Crippen molar-refractivity contribution >= 4 is 12.6 Å². The Hall–Kier alpha value is 0.100. The summed E-state index contributed by atoms with van der Waals surface area (Å²) in [6, 6.07) is 0. The predicted octanol–water partition coefficient (Wildman–Crippen LogP) is 2.40. The van der Waals surface area contributed by atoms with E-state index in [1.165, 1.54) is 0 Å². The number of thiol groups is 1. The van der Waals surface area contributed by atoms with Crippen LogP contribution < -0.4 is 0 Å². The van der Waals surface area contributed by atoms with Crippen molar-refractivity contribution in [1.29, 1.82) is 0 Å². The van der Waals surface area contributed by atoms with Gasteiger partial charge in [0.25, 0.3) is 0 Å². The van der Waals surface area contributed by atoms with E-state index in [4.69, 9.17) is 5.11 Å². The Morgan fingerprint density at radius 3 is 2.25 bits per heavy atom. The summed E-state index contributed by atoms with van der Waals surface area (Å²) in [4.78, 5) is 0. The molecule has 5 heteroatoms. The van der Waals surface area contributed by atoms with Gasteiger partial charge in [-0.3, -0.25) is 0 Å². The minimum atomic E-state index is -4.06. The maximum Gasteiger partial charge on any atom is 0.389 e. The van der Waals surface area contributed by atoms with E-state index in [1.54, 1.807) is 0 Å². The Balaban J connectivity index is 3.22. The summed E-state index contributed by atoms with van der Waals surface area (Å²) in [6.07, 6.45) is -4.49. The number of unbranched alkanes of at least 4 members (excludes halogenated alkanes) is 1. The van der Waals surface area contributed by atoms with Crippen molar-refractivity contribution in [3.8, 4) is 0 Å². The average Bonchev–Trinajstić information content (AvgIpc) is 1.96. The standard InChI is InChI=1S/C7H13F3OS/c8-7(9,10)4-2-1-3-6(11)5-12/h6,11-12H,1-5H2. The molecular weight excluding hydrogens is 189 g/mol. The summed E-state index contributed by atoms with van der Waals surface area (Å²) in [5.41, 5.74) is 0. The second-order valence-corrected chi connectivity index (χ2v) is 3.06. The molecule has 1 atom stereocenters. The summed E-state index contributed by atoms with van der Waals surface area (Å²) in [7, 11) is 0. The summed E-state index contributed by atoms with van der Waals surface area (Å²) < 4.78 is 34.8. The number of hydrogen-bond donors (Lipinski definition) is 2. The second kappa shape index (κ2) is 5.70. The van der Waals surface area contributed by atoms with E-state index in [-0.39, 0.29) is 6.42 Å². The zero-order chi connectivity index (χ0) is 9.61. The zero-order valence-electron chi connectivity index (χ0n) is 6.64. The van der Waals surface area contributed by atoms with Crippen molar-refractivity contribution in [3.63, 3.8) is 0 Å². The van der Waals surface area contributed by atoms with Gasteiger partial charge in [0.15, 0.2) is 0 Å². The molecule has 0 aromatic rings. The van der Waals surface area contributed by atoms with Crippen LogP contribution in [-0.4, -0.2) is 23.1 Å². The van der Waals surface area contributed by atoms with Crippen LogP contribution in [0.2, 0.25) is 0 Å². The minimum absolute atomic E-state index is 0.0916. The lowest BCUT2D eigenvalue weighted by atomic mass is 10.1.